The summed E-state index contributed by atoms with van der Waals surface area (Å²) in [5.41, 5.74) is 1.76. The molecule has 1 aromatic carbocycles. The second-order valence-corrected chi connectivity index (χ2v) is 6.93. The van der Waals surface area contributed by atoms with E-state index in [-0.39, 0.29) is 17.4 Å². The lowest BCUT2D eigenvalue weighted by Crippen LogP contribution is -2.42. The average Bonchev–Trinajstić information content (AvgIpc) is 2.36. The number of carbonyl (C=O) groups excluding carboxylic acids is 2. The van der Waals surface area contributed by atoms with Crippen LogP contribution in [0.2, 0.25) is 0 Å². The highest BCUT2D eigenvalue weighted by Crippen LogP contribution is 2.27. The fraction of sp³-hybridized carbons (Fsp3) is 0.556. The van der Waals surface area contributed by atoms with E-state index < -0.39 is 0 Å². The van der Waals surface area contributed by atoms with Gasteiger partial charge in [-0.25, -0.2) is 0 Å². The van der Waals surface area contributed by atoms with E-state index in [2.05, 4.69) is 19.2 Å². The van der Waals surface area contributed by atoms with Crippen molar-refractivity contribution >= 4 is 17.5 Å². The van der Waals surface area contributed by atoms with Crippen LogP contribution in [0.1, 0.15) is 59.4 Å². The zero-order valence-electron chi connectivity index (χ0n) is 14.6. The highest BCUT2D eigenvalue weighted by atomic mass is 16.2. The summed E-state index contributed by atoms with van der Waals surface area (Å²) in [6.45, 7) is 12.0. The zero-order valence-corrected chi connectivity index (χ0v) is 14.6. The summed E-state index contributed by atoms with van der Waals surface area (Å²) in [6, 6.07) is 7.87. The number of amides is 2. The zero-order chi connectivity index (χ0) is 16.9. The summed E-state index contributed by atoms with van der Waals surface area (Å²) in [5, 5.41) is 2.93. The molecule has 0 unspecified atom stereocenters. The molecule has 122 valence electrons. The number of anilines is 1. The largest absolute Gasteiger partial charge is 0.351 e. The van der Waals surface area contributed by atoms with Crippen LogP contribution in [0.15, 0.2) is 24.3 Å². The minimum Gasteiger partial charge on any atom is -0.351 e. The van der Waals surface area contributed by atoms with Gasteiger partial charge in [-0.2, -0.15) is 0 Å². The molecule has 0 aliphatic carbocycles. The Labute approximate surface area is 133 Å². The Bertz CT molecular complexity index is 530. The second kappa shape index (κ2) is 7.43. The molecule has 4 nitrogen and oxygen atoms in total. The van der Waals surface area contributed by atoms with Gasteiger partial charge in [0.05, 0.1) is 0 Å². The van der Waals surface area contributed by atoms with Crippen molar-refractivity contribution in [2.75, 3.05) is 11.4 Å². The van der Waals surface area contributed by atoms with Crippen LogP contribution >= 0.6 is 0 Å². The molecule has 1 N–H and O–H groups in total. The standard InChI is InChI=1S/C18H28N2O2/c1-13(2)15-9-7-8-10-16(15)20(14(3)21)12-11-17(22)19-18(4,5)6/h7-10,13H,11-12H2,1-6H3,(H,19,22). The summed E-state index contributed by atoms with van der Waals surface area (Å²) < 4.78 is 0. The Hall–Kier alpha value is -1.84. The van der Waals surface area contributed by atoms with Crippen LogP contribution in [0.4, 0.5) is 5.69 Å². The predicted octanol–water partition coefficient (Wildman–Crippen LogP) is 3.47. The number of nitrogens with one attached hydrogen (secondary N) is 1. The van der Waals surface area contributed by atoms with Crippen molar-refractivity contribution < 1.29 is 9.59 Å². The lowest BCUT2D eigenvalue weighted by molar-refractivity contribution is -0.122. The van der Waals surface area contributed by atoms with Crippen LogP contribution in [0.25, 0.3) is 0 Å². The average molecular weight is 304 g/mol. The summed E-state index contributed by atoms with van der Waals surface area (Å²) in [7, 11) is 0. The van der Waals surface area contributed by atoms with Gasteiger partial charge in [-0.15, -0.1) is 0 Å². The van der Waals surface area contributed by atoms with Gasteiger partial charge in [-0.05, 0) is 38.3 Å². The van der Waals surface area contributed by atoms with Gasteiger partial charge in [0.2, 0.25) is 11.8 Å². The van der Waals surface area contributed by atoms with Crippen molar-refractivity contribution in [2.45, 2.75) is 59.4 Å². The molecule has 2 amide bonds. The van der Waals surface area contributed by atoms with Crippen LogP contribution in [-0.4, -0.2) is 23.9 Å². The first kappa shape index (κ1) is 18.2. The number of benzene rings is 1. The Morgan fingerprint density at radius 3 is 2.27 bits per heavy atom. The normalized spacial score (nSPS) is 11.4. The maximum atomic E-state index is 12.0. The van der Waals surface area contributed by atoms with Crippen molar-refractivity contribution in [3.8, 4) is 0 Å². The molecule has 0 aromatic heterocycles. The third-order valence-corrected chi connectivity index (χ3v) is 3.31. The van der Waals surface area contributed by atoms with Gasteiger partial charge in [0, 0.05) is 31.1 Å². The molecule has 0 bridgehead atoms. The quantitative estimate of drug-likeness (QED) is 0.905. The van der Waals surface area contributed by atoms with Gasteiger partial charge in [0.15, 0.2) is 0 Å². The van der Waals surface area contributed by atoms with Gasteiger partial charge in [0.1, 0.15) is 0 Å². The summed E-state index contributed by atoms with van der Waals surface area (Å²) in [6.07, 6.45) is 0.295. The molecule has 0 fully saturated rings. The molecule has 0 radical (unpaired) electrons. The molecule has 0 heterocycles. The minimum absolute atomic E-state index is 0.0409. The van der Waals surface area contributed by atoms with Crippen molar-refractivity contribution in [1.82, 2.24) is 5.32 Å². The smallest absolute Gasteiger partial charge is 0.223 e. The summed E-state index contributed by atoms with van der Waals surface area (Å²) in [5.74, 6) is 0.235. The number of carbonyl (C=O) groups is 2. The van der Waals surface area contributed by atoms with E-state index in [1.165, 1.54) is 0 Å². The lowest BCUT2D eigenvalue weighted by atomic mass is 10.00. The van der Waals surface area contributed by atoms with Crippen molar-refractivity contribution in [3.63, 3.8) is 0 Å². The van der Waals surface area contributed by atoms with E-state index in [9.17, 15) is 9.59 Å². The maximum Gasteiger partial charge on any atom is 0.223 e. The number of hydrogen-bond acceptors (Lipinski definition) is 2. The molecule has 0 atom stereocenters. The van der Waals surface area contributed by atoms with Crippen molar-refractivity contribution in [1.29, 1.82) is 0 Å². The van der Waals surface area contributed by atoms with Crippen LogP contribution in [0.3, 0.4) is 0 Å². The topological polar surface area (TPSA) is 49.4 Å². The van der Waals surface area contributed by atoms with Gasteiger partial charge in [-0.3, -0.25) is 9.59 Å². The molecule has 0 aliphatic rings. The highest BCUT2D eigenvalue weighted by Gasteiger charge is 2.19. The molecule has 0 spiro atoms. The number of nitrogens with zero attached hydrogens (tertiary/aromatic N) is 1. The summed E-state index contributed by atoms with van der Waals surface area (Å²) >= 11 is 0. The van der Waals surface area contributed by atoms with Crippen LogP contribution in [0, 0.1) is 0 Å². The minimum atomic E-state index is -0.256. The maximum absolute atomic E-state index is 12.0. The van der Waals surface area contributed by atoms with Crippen LogP contribution in [0.5, 0.6) is 0 Å². The highest BCUT2D eigenvalue weighted by molar-refractivity contribution is 5.93. The number of rotatable bonds is 5. The summed E-state index contributed by atoms with van der Waals surface area (Å²) in [4.78, 5) is 25.7. The Morgan fingerprint density at radius 2 is 1.77 bits per heavy atom. The first-order valence-electron chi connectivity index (χ1n) is 7.80. The van der Waals surface area contributed by atoms with Gasteiger partial charge in [0.25, 0.3) is 0 Å². The predicted molar refractivity (Wildman–Crippen MR) is 91.1 cm³/mol. The molecule has 0 saturated carbocycles. The fourth-order valence-corrected chi connectivity index (χ4v) is 2.36. The van der Waals surface area contributed by atoms with Gasteiger partial charge >= 0.3 is 0 Å². The van der Waals surface area contributed by atoms with E-state index >= 15 is 0 Å². The lowest BCUT2D eigenvalue weighted by Gasteiger charge is -2.26. The third kappa shape index (κ3) is 5.51. The van der Waals surface area contributed by atoms with Crippen molar-refractivity contribution in [3.05, 3.63) is 29.8 Å². The van der Waals surface area contributed by atoms with E-state index in [0.717, 1.165) is 11.3 Å². The number of hydrogen-bond donors (Lipinski definition) is 1. The van der Waals surface area contributed by atoms with E-state index in [1.54, 1.807) is 11.8 Å². The monoisotopic (exact) mass is 304 g/mol. The molecule has 1 rings (SSSR count). The van der Waals surface area contributed by atoms with Crippen LogP contribution in [-0.2, 0) is 9.59 Å². The SMILES string of the molecule is CC(=O)N(CCC(=O)NC(C)(C)C)c1ccccc1C(C)C. The van der Waals surface area contributed by atoms with E-state index in [4.69, 9.17) is 0 Å². The molecule has 22 heavy (non-hydrogen) atoms. The molecule has 1 aromatic rings. The first-order valence-corrected chi connectivity index (χ1v) is 7.80. The fourth-order valence-electron chi connectivity index (χ4n) is 2.36. The molecular weight excluding hydrogens is 276 g/mol. The van der Waals surface area contributed by atoms with Gasteiger partial charge in [-0.1, -0.05) is 32.0 Å². The van der Waals surface area contributed by atoms with Crippen LogP contribution < -0.4 is 10.2 Å². The second-order valence-electron chi connectivity index (χ2n) is 6.93. The molecule has 0 saturated heterocycles. The molecule has 4 heteroatoms. The Balaban J connectivity index is 2.88. The molecule has 0 aliphatic heterocycles. The van der Waals surface area contributed by atoms with E-state index in [1.807, 2.05) is 45.0 Å². The molecular formula is C18H28N2O2. The first-order chi connectivity index (χ1) is 10.1. The van der Waals surface area contributed by atoms with Crippen molar-refractivity contribution in [2.24, 2.45) is 0 Å². The third-order valence-electron chi connectivity index (χ3n) is 3.31. The number of para-hydroxylation sites is 1. The Kier molecular flexibility index (Phi) is 6.15. The Morgan fingerprint density at radius 1 is 1.18 bits per heavy atom. The van der Waals surface area contributed by atoms with E-state index in [0.29, 0.717) is 18.9 Å². The van der Waals surface area contributed by atoms with Gasteiger partial charge < -0.3 is 10.2 Å².